The Hall–Kier alpha value is -0.940. The molecule has 0 bridgehead atoms. The van der Waals surface area contributed by atoms with Gasteiger partial charge in [-0.15, -0.1) is 0 Å². The van der Waals surface area contributed by atoms with E-state index < -0.39 is 0 Å². The van der Waals surface area contributed by atoms with Crippen LogP contribution in [-0.2, 0) is 4.74 Å². The van der Waals surface area contributed by atoms with Crippen LogP contribution in [0.1, 0.15) is 57.9 Å². The van der Waals surface area contributed by atoms with Crippen molar-refractivity contribution in [2.45, 2.75) is 52.2 Å². The van der Waals surface area contributed by atoms with Crippen molar-refractivity contribution >= 4 is 0 Å². The van der Waals surface area contributed by atoms with Crippen LogP contribution in [-0.4, -0.2) is 29.8 Å². The first-order chi connectivity index (χ1) is 8.43. The molecule has 1 aromatic heterocycles. The fourth-order valence-electron chi connectivity index (χ4n) is 2.55. The number of nitrogens with zero attached hydrogens (tertiary/aromatic N) is 2. The minimum Gasteiger partial charge on any atom is -0.373 e. The molecule has 3 unspecified atom stereocenters. The van der Waals surface area contributed by atoms with Crippen LogP contribution in [0.4, 0.5) is 0 Å². The van der Waals surface area contributed by atoms with E-state index in [9.17, 15) is 0 Å². The molecular weight excluding hydrogens is 230 g/mol. The highest BCUT2D eigenvalue weighted by Gasteiger charge is 2.34. The number of hydrogen-bond acceptors (Lipinski definition) is 5. The van der Waals surface area contributed by atoms with E-state index in [4.69, 9.17) is 9.26 Å². The van der Waals surface area contributed by atoms with E-state index in [1.165, 1.54) is 0 Å². The largest absolute Gasteiger partial charge is 0.373 e. The highest BCUT2D eigenvalue weighted by Crippen LogP contribution is 2.35. The Bertz CT molecular complexity index is 397. The van der Waals surface area contributed by atoms with E-state index in [-0.39, 0.29) is 11.5 Å². The van der Waals surface area contributed by atoms with E-state index in [2.05, 4.69) is 43.2 Å². The van der Waals surface area contributed by atoms with Crippen molar-refractivity contribution in [3.8, 4) is 0 Å². The minimum atomic E-state index is -0.139. The molecule has 5 nitrogen and oxygen atoms in total. The quantitative estimate of drug-likeness (QED) is 0.895. The lowest BCUT2D eigenvalue weighted by Crippen LogP contribution is -2.22. The molecule has 1 aliphatic heterocycles. The number of ether oxygens (including phenoxy) is 1. The summed E-state index contributed by atoms with van der Waals surface area (Å²) in [4.78, 5) is 4.54. The molecule has 2 rings (SSSR count). The summed E-state index contributed by atoms with van der Waals surface area (Å²) >= 11 is 0. The Labute approximate surface area is 108 Å². The molecule has 1 fully saturated rings. The smallest absolute Gasteiger partial charge is 0.231 e. The Morgan fingerprint density at radius 3 is 2.67 bits per heavy atom. The van der Waals surface area contributed by atoms with Gasteiger partial charge in [-0.1, -0.05) is 25.9 Å². The maximum absolute atomic E-state index is 5.50. The molecule has 0 aromatic carbocycles. The molecule has 0 radical (unpaired) electrons. The molecule has 2 heterocycles. The number of rotatable bonds is 3. The van der Waals surface area contributed by atoms with Crippen molar-refractivity contribution in [2.24, 2.45) is 5.41 Å². The molecule has 0 saturated carbocycles. The fraction of sp³-hybridized carbons (Fsp3) is 0.846. The third-order valence-electron chi connectivity index (χ3n) is 3.56. The lowest BCUT2D eigenvalue weighted by molar-refractivity contribution is 0.00718. The van der Waals surface area contributed by atoms with E-state index in [0.29, 0.717) is 17.8 Å². The lowest BCUT2D eigenvalue weighted by Gasteiger charge is -2.26. The van der Waals surface area contributed by atoms with Crippen molar-refractivity contribution in [3.05, 3.63) is 11.7 Å². The first-order valence-electron chi connectivity index (χ1n) is 6.53. The molecule has 102 valence electrons. The number of aromatic nitrogens is 2. The van der Waals surface area contributed by atoms with Crippen molar-refractivity contribution in [1.82, 2.24) is 15.5 Å². The molecular formula is C13H23N3O2. The summed E-state index contributed by atoms with van der Waals surface area (Å²) in [5.41, 5.74) is -0.0462. The highest BCUT2D eigenvalue weighted by atomic mass is 16.5. The second-order valence-corrected chi connectivity index (χ2v) is 6.11. The normalized spacial score (nSPS) is 26.5. The average Bonchev–Trinajstić information content (AvgIpc) is 2.85. The van der Waals surface area contributed by atoms with Crippen LogP contribution in [0.3, 0.4) is 0 Å². The number of hydrogen-bond donors (Lipinski definition) is 1. The molecule has 1 N–H and O–H groups in total. The summed E-state index contributed by atoms with van der Waals surface area (Å²) in [6.07, 6.45) is 0.912. The monoisotopic (exact) mass is 253 g/mol. The zero-order chi connectivity index (χ0) is 13.3. The van der Waals surface area contributed by atoms with E-state index >= 15 is 0 Å². The predicted octanol–water partition coefficient (Wildman–Crippen LogP) is 2.27. The van der Waals surface area contributed by atoms with Gasteiger partial charge in [-0.25, -0.2) is 0 Å². The van der Waals surface area contributed by atoms with Crippen LogP contribution in [0.15, 0.2) is 4.52 Å². The third kappa shape index (κ3) is 2.57. The molecule has 1 saturated heterocycles. The van der Waals surface area contributed by atoms with Gasteiger partial charge in [0, 0.05) is 13.2 Å². The summed E-state index contributed by atoms with van der Waals surface area (Å²) < 4.78 is 10.9. The molecule has 18 heavy (non-hydrogen) atoms. The summed E-state index contributed by atoms with van der Waals surface area (Å²) in [5.74, 6) is 1.71. The van der Waals surface area contributed by atoms with Crippen molar-refractivity contribution in [2.75, 3.05) is 13.7 Å². The highest BCUT2D eigenvalue weighted by molar-refractivity contribution is 5.04. The zero-order valence-electron chi connectivity index (χ0n) is 11.9. The summed E-state index contributed by atoms with van der Waals surface area (Å²) in [6.45, 7) is 9.49. The van der Waals surface area contributed by atoms with E-state index in [0.717, 1.165) is 18.9 Å². The SMILES string of the molecule is COC(c1noc(C2CCNC2C)n1)C(C)(C)C. The van der Waals surface area contributed by atoms with Gasteiger partial charge in [-0.05, 0) is 25.3 Å². The second-order valence-electron chi connectivity index (χ2n) is 6.11. The van der Waals surface area contributed by atoms with Crippen molar-refractivity contribution in [3.63, 3.8) is 0 Å². The summed E-state index contributed by atoms with van der Waals surface area (Å²) in [7, 11) is 1.69. The molecule has 3 atom stereocenters. The Kier molecular flexibility index (Phi) is 3.73. The van der Waals surface area contributed by atoms with Gasteiger partial charge < -0.3 is 14.6 Å². The van der Waals surface area contributed by atoms with Crippen LogP contribution in [0.5, 0.6) is 0 Å². The van der Waals surface area contributed by atoms with Gasteiger partial charge >= 0.3 is 0 Å². The number of nitrogens with one attached hydrogen (secondary N) is 1. The van der Waals surface area contributed by atoms with Crippen LogP contribution < -0.4 is 5.32 Å². The molecule has 1 aliphatic rings. The Morgan fingerprint density at radius 1 is 1.44 bits per heavy atom. The maximum Gasteiger partial charge on any atom is 0.231 e. The van der Waals surface area contributed by atoms with E-state index in [1.807, 2.05) is 0 Å². The van der Waals surface area contributed by atoms with Crippen molar-refractivity contribution in [1.29, 1.82) is 0 Å². The summed E-state index contributed by atoms with van der Waals surface area (Å²) in [5, 5.41) is 7.49. The van der Waals surface area contributed by atoms with Gasteiger partial charge in [0.2, 0.25) is 11.7 Å². The van der Waals surface area contributed by atoms with Crippen LogP contribution in [0.25, 0.3) is 0 Å². The van der Waals surface area contributed by atoms with Gasteiger partial charge in [-0.3, -0.25) is 0 Å². The molecule has 1 aromatic rings. The zero-order valence-corrected chi connectivity index (χ0v) is 11.9. The Balaban J connectivity index is 2.19. The first-order valence-corrected chi connectivity index (χ1v) is 6.53. The van der Waals surface area contributed by atoms with Gasteiger partial charge in [-0.2, -0.15) is 4.98 Å². The minimum absolute atomic E-state index is 0.0462. The fourth-order valence-corrected chi connectivity index (χ4v) is 2.55. The molecule has 5 heteroatoms. The standard InChI is InChI=1S/C13H23N3O2/c1-8-9(6-7-14-8)12-15-11(16-18-12)10(17-5)13(2,3)4/h8-10,14H,6-7H2,1-5H3. The second kappa shape index (κ2) is 4.97. The molecule has 0 aliphatic carbocycles. The van der Waals surface area contributed by atoms with Gasteiger partial charge in [0.25, 0.3) is 0 Å². The first kappa shape index (κ1) is 13.5. The van der Waals surface area contributed by atoms with Crippen LogP contribution in [0, 0.1) is 5.41 Å². The summed E-state index contributed by atoms with van der Waals surface area (Å²) in [6, 6.07) is 0.397. The predicted molar refractivity (Wildman–Crippen MR) is 68.3 cm³/mol. The molecule has 0 spiro atoms. The van der Waals surface area contributed by atoms with Gasteiger partial charge in [0.15, 0.2) is 0 Å². The van der Waals surface area contributed by atoms with Crippen molar-refractivity contribution < 1.29 is 9.26 Å². The molecule has 0 amide bonds. The lowest BCUT2D eigenvalue weighted by atomic mass is 9.88. The van der Waals surface area contributed by atoms with Crippen LogP contribution >= 0.6 is 0 Å². The third-order valence-corrected chi connectivity index (χ3v) is 3.56. The van der Waals surface area contributed by atoms with E-state index in [1.54, 1.807) is 7.11 Å². The van der Waals surface area contributed by atoms with Crippen LogP contribution in [0.2, 0.25) is 0 Å². The number of methoxy groups -OCH3 is 1. The van der Waals surface area contributed by atoms with Gasteiger partial charge in [0.05, 0.1) is 5.92 Å². The average molecular weight is 253 g/mol. The maximum atomic E-state index is 5.50. The topological polar surface area (TPSA) is 60.2 Å². The van der Waals surface area contributed by atoms with Gasteiger partial charge in [0.1, 0.15) is 6.10 Å². The Morgan fingerprint density at radius 2 is 2.17 bits per heavy atom.